The van der Waals surface area contributed by atoms with Crippen LogP contribution in [0.3, 0.4) is 0 Å². The minimum atomic E-state index is -0.786. The van der Waals surface area contributed by atoms with Gasteiger partial charge in [0.2, 0.25) is 0 Å². The SMILES string of the molecule is Cl.Cl.Oc1c(Cl)ccc(F)c1[C@@H](CF)N1CCNCC1. The third kappa shape index (κ3) is 4.09. The monoisotopic (exact) mass is 348 g/mol. The summed E-state index contributed by atoms with van der Waals surface area (Å²) >= 11 is 5.76. The first kappa shape index (κ1) is 19.7. The predicted molar refractivity (Wildman–Crippen MR) is 80.7 cm³/mol. The molecule has 0 aromatic heterocycles. The summed E-state index contributed by atoms with van der Waals surface area (Å²) in [5.41, 5.74) is -0.0492. The molecule has 1 aliphatic heterocycles. The highest BCUT2D eigenvalue weighted by atomic mass is 35.5. The quantitative estimate of drug-likeness (QED) is 0.881. The van der Waals surface area contributed by atoms with Crippen LogP contribution in [0.25, 0.3) is 0 Å². The Morgan fingerprint density at radius 3 is 2.45 bits per heavy atom. The fourth-order valence-corrected chi connectivity index (χ4v) is 2.39. The third-order valence-electron chi connectivity index (χ3n) is 3.19. The summed E-state index contributed by atoms with van der Waals surface area (Å²) in [6.45, 7) is 1.91. The van der Waals surface area contributed by atoms with Crippen molar-refractivity contribution in [3.8, 4) is 5.75 Å². The molecule has 8 heteroatoms. The minimum absolute atomic E-state index is 0. The van der Waals surface area contributed by atoms with Gasteiger partial charge in [-0.15, -0.1) is 24.8 Å². The van der Waals surface area contributed by atoms with Crippen molar-refractivity contribution in [3.63, 3.8) is 0 Å². The molecule has 1 aliphatic rings. The van der Waals surface area contributed by atoms with Crippen LogP contribution in [0.4, 0.5) is 8.78 Å². The number of nitrogens with zero attached hydrogens (tertiary/aromatic N) is 1. The van der Waals surface area contributed by atoms with Gasteiger partial charge in [0.05, 0.1) is 16.6 Å². The molecule has 1 fully saturated rings. The largest absolute Gasteiger partial charge is 0.506 e. The van der Waals surface area contributed by atoms with Crippen LogP contribution in [-0.2, 0) is 0 Å². The summed E-state index contributed by atoms with van der Waals surface area (Å²) in [6.07, 6.45) is 0. The van der Waals surface area contributed by atoms with E-state index in [0.717, 1.165) is 19.2 Å². The zero-order valence-corrected chi connectivity index (χ0v) is 13.0. The van der Waals surface area contributed by atoms with Crippen molar-refractivity contribution in [1.29, 1.82) is 0 Å². The highest BCUT2D eigenvalue weighted by Crippen LogP contribution is 2.36. The van der Waals surface area contributed by atoms with E-state index >= 15 is 0 Å². The zero-order chi connectivity index (χ0) is 13.1. The summed E-state index contributed by atoms with van der Waals surface area (Å²) in [7, 11) is 0. The van der Waals surface area contributed by atoms with Crippen molar-refractivity contribution in [2.45, 2.75) is 6.04 Å². The van der Waals surface area contributed by atoms with Crippen LogP contribution in [0.15, 0.2) is 12.1 Å². The molecule has 1 aromatic rings. The van der Waals surface area contributed by atoms with Crippen molar-refractivity contribution in [2.24, 2.45) is 0 Å². The summed E-state index contributed by atoms with van der Waals surface area (Å²) in [6, 6.07) is 1.64. The van der Waals surface area contributed by atoms with Crippen molar-refractivity contribution in [2.75, 3.05) is 32.9 Å². The van der Waals surface area contributed by atoms with Gasteiger partial charge in [0.25, 0.3) is 0 Å². The number of halogens is 5. The van der Waals surface area contributed by atoms with Crippen molar-refractivity contribution < 1.29 is 13.9 Å². The first-order chi connectivity index (χ1) is 8.65. The van der Waals surface area contributed by atoms with E-state index in [1.807, 2.05) is 4.90 Å². The van der Waals surface area contributed by atoms with Crippen LogP contribution >= 0.6 is 36.4 Å². The Morgan fingerprint density at radius 1 is 1.30 bits per heavy atom. The molecule has 20 heavy (non-hydrogen) atoms. The van der Waals surface area contributed by atoms with E-state index in [9.17, 15) is 13.9 Å². The molecule has 3 nitrogen and oxygen atoms in total. The second-order valence-electron chi connectivity index (χ2n) is 4.25. The second kappa shape index (κ2) is 8.85. The van der Waals surface area contributed by atoms with Gasteiger partial charge in [-0.05, 0) is 12.1 Å². The maximum absolute atomic E-state index is 13.8. The molecule has 1 aromatic carbocycles. The number of benzene rings is 1. The lowest BCUT2D eigenvalue weighted by Crippen LogP contribution is -2.45. The van der Waals surface area contributed by atoms with Crippen LogP contribution < -0.4 is 5.32 Å². The number of rotatable bonds is 3. The summed E-state index contributed by atoms with van der Waals surface area (Å²) < 4.78 is 27.0. The van der Waals surface area contributed by atoms with Crippen LogP contribution in [0.1, 0.15) is 11.6 Å². The maximum Gasteiger partial charge on any atom is 0.141 e. The second-order valence-corrected chi connectivity index (χ2v) is 4.65. The lowest BCUT2D eigenvalue weighted by Gasteiger charge is -2.34. The van der Waals surface area contributed by atoms with Crippen LogP contribution in [0, 0.1) is 5.82 Å². The number of nitrogens with one attached hydrogen (secondary N) is 1. The van der Waals surface area contributed by atoms with Gasteiger partial charge < -0.3 is 10.4 Å². The first-order valence-corrected chi connectivity index (χ1v) is 6.20. The molecule has 2 rings (SSSR count). The number of alkyl halides is 1. The van der Waals surface area contributed by atoms with E-state index in [0.29, 0.717) is 13.1 Å². The smallest absolute Gasteiger partial charge is 0.141 e. The average molecular weight is 350 g/mol. The Labute approximate surface area is 134 Å². The molecule has 0 amide bonds. The van der Waals surface area contributed by atoms with E-state index in [2.05, 4.69) is 5.32 Å². The molecule has 0 radical (unpaired) electrons. The molecular weight excluding hydrogens is 333 g/mol. The highest BCUT2D eigenvalue weighted by Gasteiger charge is 2.28. The lowest BCUT2D eigenvalue weighted by atomic mass is 10.0. The molecule has 116 valence electrons. The standard InChI is InChI=1S/C12H15ClF2N2O.2ClH/c13-8-1-2-9(15)11(12(8)18)10(7-14)17-5-3-16-4-6-17;;/h1-2,10,16,18H,3-7H2;2*1H/t10-;;/m1../s1. The number of aromatic hydroxyl groups is 1. The molecule has 1 atom stereocenters. The fraction of sp³-hybridized carbons (Fsp3) is 0.500. The van der Waals surface area contributed by atoms with E-state index in [1.54, 1.807) is 0 Å². The first-order valence-electron chi connectivity index (χ1n) is 5.82. The van der Waals surface area contributed by atoms with Crippen LogP contribution in [-0.4, -0.2) is 42.9 Å². The molecule has 1 heterocycles. The topological polar surface area (TPSA) is 35.5 Å². The van der Waals surface area contributed by atoms with E-state index < -0.39 is 18.5 Å². The minimum Gasteiger partial charge on any atom is -0.506 e. The van der Waals surface area contributed by atoms with E-state index in [-0.39, 0.29) is 41.1 Å². The van der Waals surface area contributed by atoms with Crippen molar-refractivity contribution >= 4 is 36.4 Å². The van der Waals surface area contributed by atoms with Gasteiger partial charge in [-0.3, -0.25) is 4.90 Å². The summed E-state index contributed by atoms with van der Waals surface area (Å²) in [4.78, 5) is 1.81. The van der Waals surface area contributed by atoms with Crippen molar-refractivity contribution in [1.82, 2.24) is 10.2 Å². The predicted octanol–water partition coefficient (Wildman–Crippen LogP) is 2.94. The normalized spacial score (nSPS) is 16.9. The summed E-state index contributed by atoms with van der Waals surface area (Å²) in [5, 5.41) is 13.0. The Hall–Kier alpha value is -0.330. The number of hydrogen-bond acceptors (Lipinski definition) is 3. The fourth-order valence-electron chi connectivity index (χ4n) is 2.22. The Morgan fingerprint density at radius 2 is 1.90 bits per heavy atom. The van der Waals surface area contributed by atoms with E-state index in [4.69, 9.17) is 11.6 Å². The van der Waals surface area contributed by atoms with Gasteiger partial charge >= 0.3 is 0 Å². The highest BCUT2D eigenvalue weighted by molar-refractivity contribution is 6.32. The van der Waals surface area contributed by atoms with Gasteiger partial charge in [0.1, 0.15) is 18.2 Å². The van der Waals surface area contributed by atoms with Gasteiger partial charge in [0.15, 0.2) is 0 Å². The molecule has 2 N–H and O–H groups in total. The van der Waals surface area contributed by atoms with Crippen LogP contribution in [0.2, 0.25) is 5.02 Å². The van der Waals surface area contributed by atoms with Crippen LogP contribution in [0.5, 0.6) is 5.75 Å². The Balaban J connectivity index is 0.00000180. The summed E-state index contributed by atoms with van der Waals surface area (Å²) in [5.74, 6) is -0.990. The van der Waals surface area contributed by atoms with Gasteiger partial charge in [-0.1, -0.05) is 11.6 Å². The molecular formula is C12H17Cl3F2N2O. The van der Waals surface area contributed by atoms with Crippen molar-refractivity contribution in [3.05, 3.63) is 28.5 Å². The number of piperazine rings is 1. The number of hydrogen-bond donors (Lipinski definition) is 2. The molecule has 0 unspecified atom stereocenters. The van der Waals surface area contributed by atoms with E-state index in [1.165, 1.54) is 6.07 Å². The van der Waals surface area contributed by atoms with Gasteiger partial charge in [-0.2, -0.15) is 0 Å². The average Bonchev–Trinajstić information content (AvgIpc) is 2.40. The molecule has 0 spiro atoms. The molecule has 0 aliphatic carbocycles. The Bertz CT molecular complexity index is 431. The molecule has 0 saturated carbocycles. The maximum atomic E-state index is 13.8. The molecule has 1 saturated heterocycles. The number of phenols is 1. The lowest BCUT2D eigenvalue weighted by molar-refractivity contribution is 0.142. The van der Waals surface area contributed by atoms with Gasteiger partial charge in [-0.25, -0.2) is 8.78 Å². The van der Waals surface area contributed by atoms with Gasteiger partial charge in [0, 0.05) is 26.2 Å². The Kier molecular flexibility index (Phi) is 8.70. The number of phenolic OH excluding ortho intramolecular Hbond substituents is 1. The molecule has 0 bridgehead atoms. The zero-order valence-electron chi connectivity index (χ0n) is 10.6. The third-order valence-corrected chi connectivity index (χ3v) is 3.49.